The van der Waals surface area contributed by atoms with Crippen LogP contribution in [0.2, 0.25) is 0 Å². The smallest absolute Gasteiger partial charge is 0.313 e. The van der Waals surface area contributed by atoms with Crippen LogP contribution in [0.3, 0.4) is 0 Å². The third-order valence-electron chi connectivity index (χ3n) is 7.22. The van der Waals surface area contributed by atoms with Crippen LogP contribution in [0.5, 0.6) is 11.6 Å². The number of aromatic hydroxyl groups is 1. The number of benzene rings is 1. The van der Waals surface area contributed by atoms with Gasteiger partial charge in [-0.1, -0.05) is 92.0 Å². The molecule has 0 spiro atoms. The Morgan fingerprint density at radius 3 is 2.22 bits per heavy atom. The second-order valence-electron chi connectivity index (χ2n) is 10.9. The average Bonchev–Trinajstić information content (AvgIpc) is 3.33. The van der Waals surface area contributed by atoms with Crippen molar-refractivity contribution in [3.05, 3.63) is 123 Å². The molecule has 2 heterocycles. The van der Waals surface area contributed by atoms with Crippen molar-refractivity contribution in [1.29, 1.82) is 0 Å². The highest BCUT2D eigenvalue weighted by molar-refractivity contribution is 7.09. The summed E-state index contributed by atoms with van der Waals surface area (Å²) in [7, 11) is 0. The molecule has 246 valence electrons. The summed E-state index contributed by atoms with van der Waals surface area (Å²) in [6.07, 6.45) is 28.0. The minimum absolute atomic E-state index is 0.163. The summed E-state index contributed by atoms with van der Waals surface area (Å²) in [6.45, 7) is 4.47. The van der Waals surface area contributed by atoms with Gasteiger partial charge in [-0.15, -0.1) is 0 Å². The first-order valence-electron chi connectivity index (χ1n) is 16.3. The van der Waals surface area contributed by atoms with E-state index in [-0.39, 0.29) is 29.9 Å². The van der Waals surface area contributed by atoms with E-state index < -0.39 is 0 Å². The predicted octanol–water partition coefficient (Wildman–Crippen LogP) is 8.65. The molecule has 0 atom stereocenters. The Labute approximate surface area is 277 Å². The lowest BCUT2D eigenvalue weighted by atomic mass is 10.1. The Morgan fingerprint density at radius 1 is 0.891 bits per heavy atom. The van der Waals surface area contributed by atoms with E-state index in [4.69, 9.17) is 9.47 Å². The summed E-state index contributed by atoms with van der Waals surface area (Å²) in [6, 6.07) is 11.7. The Bertz CT molecular complexity index is 1480. The molecule has 0 aliphatic carbocycles. The minimum Gasteiger partial charge on any atom is -0.494 e. The number of unbranched alkanes of at least 4 members (excludes halogenated alkanes) is 2. The van der Waals surface area contributed by atoms with Crippen LogP contribution < -0.4 is 9.61 Å². The highest BCUT2D eigenvalue weighted by atomic mass is 32.1. The molecular weight excluding hydrogens is 596 g/mol. The van der Waals surface area contributed by atoms with Crippen LogP contribution in [-0.2, 0) is 35.5 Å². The standard InChI is InChI=1S/C38H48N2O5S/c1-3-5-6-7-8-9-10-11-12-13-14-15-16-17-18-19-36(41)45-30-40-37(42)35(46-38(40)43)28-32-21-24-34(25-22-32)44-27-26-33-23-20-31(4-2)29-39-33/h5-6,8-9,11-12,14-15,20-25,29,42H,3-4,7,10,13,16-19,26-28,30H2,1-2H3. The third kappa shape index (κ3) is 13.9. The van der Waals surface area contributed by atoms with Crippen molar-refractivity contribution in [1.82, 2.24) is 9.55 Å². The molecular formula is C38H48N2O5S. The summed E-state index contributed by atoms with van der Waals surface area (Å²) in [5.74, 6) is 0.201. The number of hydrogen-bond donors (Lipinski definition) is 1. The molecule has 0 unspecified atom stereocenters. The highest BCUT2D eigenvalue weighted by Crippen LogP contribution is 2.24. The summed E-state index contributed by atoms with van der Waals surface area (Å²) in [4.78, 5) is 29.3. The summed E-state index contributed by atoms with van der Waals surface area (Å²) < 4.78 is 12.2. The van der Waals surface area contributed by atoms with Crippen molar-refractivity contribution in [2.75, 3.05) is 6.61 Å². The van der Waals surface area contributed by atoms with Crippen molar-refractivity contribution < 1.29 is 19.4 Å². The van der Waals surface area contributed by atoms with Gasteiger partial charge in [0.15, 0.2) is 6.73 Å². The number of esters is 1. The lowest BCUT2D eigenvalue weighted by molar-refractivity contribution is -0.147. The normalized spacial score (nSPS) is 11.9. The van der Waals surface area contributed by atoms with E-state index in [1.54, 1.807) is 0 Å². The van der Waals surface area contributed by atoms with Crippen LogP contribution in [0.1, 0.15) is 86.9 Å². The maximum atomic E-state index is 12.5. The maximum Gasteiger partial charge on any atom is 0.313 e. The topological polar surface area (TPSA) is 90.7 Å². The molecule has 7 nitrogen and oxygen atoms in total. The molecule has 0 aliphatic heterocycles. The summed E-state index contributed by atoms with van der Waals surface area (Å²) in [5.41, 5.74) is 3.14. The van der Waals surface area contributed by atoms with Gasteiger partial charge in [0.2, 0.25) is 5.88 Å². The van der Waals surface area contributed by atoms with Gasteiger partial charge >= 0.3 is 10.8 Å². The molecule has 8 heteroatoms. The highest BCUT2D eigenvalue weighted by Gasteiger charge is 2.16. The molecule has 46 heavy (non-hydrogen) atoms. The average molecular weight is 645 g/mol. The number of aryl methyl sites for hydroxylation is 1. The number of aromatic nitrogens is 2. The van der Waals surface area contributed by atoms with Gasteiger partial charge in [-0.05, 0) is 80.7 Å². The van der Waals surface area contributed by atoms with E-state index in [0.29, 0.717) is 24.3 Å². The summed E-state index contributed by atoms with van der Waals surface area (Å²) >= 11 is 0.955. The predicted molar refractivity (Wildman–Crippen MR) is 188 cm³/mol. The number of allylic oxidation sites excluding steroid dienone is 8. The molecule has 0 aliphatic rings. The molecule has 0 amide bonds. The Balaban J connectivity index is 1.30. The molecule has 0 bridgehead atoms. The van der Waals surface area contributed by atoms with Gasteiger partial charge in [0.25, 0.3) is 0 Å². The Morgan fingerprint density at radius 2 is 1.57 bits per heavy atom. The fourth-order valence-corrected chi connectivity index (χ4v) is 5.38. The van der Waals surface area contributed by atoms with Gasteiger partial charge in [-0.3, -0.25) is 14.6 Å². The van der Waals surface area contributed by atoms with Gasteiger partial charge < -0.3 is 14.6 Å². The van der Waals surface area contributed by atoms with Crippen LogP contribution in [0.25, 0.3) is 0 Å². The molecule has 0 fully saturated rings. The van der Waals surface area contributed by atoms with E-state index in [2.05, 4.69) is 73.5 Å². The van der Waals surface area contributed by atoms with Crippen LogP contribution in [0.4, 0.5) is 0 Å². The van der Waals surface area contributed by atoms with Gasteiger partial charge in [0.1, 0.15) is 5.75 Å². The van der Waals surface area contributed by atoms with Crippen molar-refractivity contribution in [2.24, 2.45) is 0 Å². The largest absolute Gasteiger partial charge is 0.494 e. The van der Waals surface area contributed by atoms with Crippen LogP contribution >= 0.6 is 11.3 Å². The van der Waals surface area contributed by atoms with Gasteiger partial charge in [-0.2, -0.15) is 0 Å². The van der Waals surface area contributed by atoms with E-state index >= 15 is 0 Å². The molecule has 2 aromatic heterocycles. The first kappa shape index (κ1) is 36.3. The van der Waals surface area contributed by atoms with E-state index in [1.807, 2.05) is 36.5 Å². The van der Waals surface area contributed by atoms with Gasteiger partial charge in [0, 0.05) is 31.2 Å². The second kappa shape index (κ2) is 21.5. The summed E-state index contributed by atoms with van der Waals surface area (Å²) in [5, 5.41) is 10.6. The molecule has 0 saturated carbocycles. The first-order valence-corrected chi connectivity index (χ1v) is 17.1. The Hall–Kier alpha value is -4.17. The van der Waals surface area contributed by atoms with Crippen molar-refractivity contribution in [2.45, 2.75) is 91.2 Å². The molecule has 1 aromatic carbocycles. The number of pyridine rings is 1. The van der Waals surface area contributed by atoms with Crippen molar-refractivity contribution >= 4 is 17.3 Å². The number of nitrogens with zero attached hydrogens (tertiary/aromatic N) is 2. The van der Waals surface area contributed by atoms with Crippen LogP contribution in [0.15, 0.2) is 96.0 Å². The number of ether oxygens (including phenoxy) is 2. The minimum atomic E-state index is -0.381. The first-order chi connectivity index (χ1) is 22.5. The van der Waals surface area contributed by atoms with Gasteiger partial charge in [0.05, 0.1) is 11.5 Å². The third-order valence-corrected chi connectivity index (χ3v) is 8.19. The van der Waals surface area contributed by atoms with Gasteiger partial charge in [-0.25, -0.2) is 4.57 Å². The molecule has 0 saturated heterocycles. The van der Waals surface area contributed by atoms with Crippen molar-refractivity contribution in [3.8, 4) is 11.6 Å². The Kier molecular flexibility index (Phi) is 17.0. The van der Waals surface area contributed by atoms with E-state index in [9.17, 15) is 14.7 Å². The lowest BCUT2D eigenvalue weighted by Gasteiger charge is -2.08. The zero-order chi connectivity index (χ0) is 32.8. The number of thiazole rings is 1. The fourth-order valence-electron chi connectivity index (χ4n) is 4.48. The molecule has 3 aromatic rings. The zero-order valence-electron chi connectivity index (χ0n) is 27.2. The molecule has 0 radical (unpaired) electrons. The maximum absolute atomic E-state index is 12.5. The number of rotatable bonds is 21. The number of hydrogen-bond acceptors (Lipinski definition) is 7. The lowest BCUT2D eigenvalue weighted by Crippen LogP contribution is -2.17. The van der Waals surface area contributed by atoms with Crippen LogP contribution in [-0.4, -0.2) is 27.2 Å². The molecule has 3 rings (SSSR count). The quantitative estimate of drug-likeness (QED) is 0.0709. The number of carbonyl (C=O) groups is 1. The fraction of sp³-hybridized carbons (Fsp3) is 0.395. The van der Waals surface area contributed by atoms with E-state index in [0.717, 1.165) is 84.3 Å². The molecule has 1 N–H and O–H groups in total. The second-order valence-corrected chi connectivity index (χ2v) is 11.9. The van der Waals surface area contributed by atoms with Crippen molar-refractivity contribution in [3.63, 3.8) is 0 Å². The monoisotopic (exact) mass is 644 g/mol. The zero-order valence-corrected chi connectivity index (χ0v) is 28.1. The van der Waals surface area contributed by atoms with Crippen LogP contribution in [0, 0.1) is 0 Å². The number of carbonyl (C=O) groups excluding carboxylic acids is 1. The van der Waals surface area contributed by atoms with E-state index in [1.165, 1.54) is 5.56 Å². The SMILES string of the molecule is CCC=CCC=CCC=CCC=CCCCCC(=O)OCn1c(O)c(Cc2ccc(OCCc3ccc(CC)cn3)cc2)sc1=O.